The van der Waals surface area contributed by atoms with Crippen molar-refractivity contribution in [3.05, 3.63) is 12.3 Å². The number of amides is 1. The van der Waals surface area contributed by atoms with Gasteiger partial charge in [-0.1, -0.05) is 40.0 Å². The first-order valence-electron chi connectivity index (χ1n) is 15.2. The third-order valence-corrected chi connectivity index (χ3v) is 14.7. The molecule has 1 aliphatic carbocycles. The Morgan fingerprint density at radius 1 is 1.21 bits per heavy atom. The number of allylic oxidation sites excluding steroid dienone is 1. The molecule has 0 aromatic heterocycles. The van der Waals surface area contributed by atoms with E-state index in [2.05, 4.69) is 5.09 Å². The molecular formula is C29H50FN2O9PSi. The van der Waals surface area contributed by atoms with Crippen LogP contribution < -0.4 is 5.09 Å². The molecule has 1 amide bonds. The summed E-state index contributed by atoms with van der Waals surface area (Å²) in [5.41, 5.74) is -2.22. The number of nitrogens with one attached hydrogen (secondary N) is 1. The first-order chi connectivity index (χ1) is 19.8. The average molecular weight is 649 g/mol. The Morgan fingerprint density at radius 2 is 1.84 bits per heavy atom. The molecule has 0 radical (unpaired) electrons. The van der Waals surface area contributed by atoms with Crippen LogP contribution >= 0.6 is 7.75 Å². The molecule has 11 nitrogen and oxygen atoms in total. The summed E-state index contributed by atoms with van der Waals surface area (Å²) in [4.78, 5) is 38.2. The van der Waals surface area contributed by atoms with Crippen molar-refractivity contribution in [1.82, 2.24) is 9.99 Å². The summed E-state index contributed by atoms with van der Waals surface area (Å²) in [6, 6.07) is -1.02. The first-order valence-corrected chi connectivity index (χ1v) is 19.7. The minimum Gasteiger partial charge on any atom is -0.462 e. The van der Waals surface area contributed by atoms with Crippen LogP contribution in [0.3, 0.4) is 0 Å². The molecule has 0 aromatic rings. The Hall–Kier alpha value is -1.47. The van der Waals surface area contributed by atoms with Crippen LogP contribution in [0.25, 0.3) is 0 Å². The number of ether oxygens (including phenoxy) is 2. The number of esters is 1. The van der Waals surface area contributed by atoms with Gasteiger partial charge in [-0.3, -0.25) is 28.3 Å². The van der Waals surface area contributed by atoms with Crippen LogP contribution in [0.4, 0.5) is 4.39 Å². The molecule has 2 fully saturated rings. The number of rotatable bonds is 12. The van der Waals surface area contributed by atoms with Crippen molar-refractivity contribution in [2.24, 2.45) is 0 Å². The number of carbonyl (C=O) groups is 3. The van der Waals surface area contributed by atoms with E-state index in [0.29, 0.717) is 12.8 Å². The standard InChI is InChI=1S/C29H50FN2O9PSi/c1-19(2)38-26(35)20(3)31-42(36,40-22-13-11-10-12-14-22)37-18-23-25(41-43(8,9)28(4,5)6)29(7,30)27(39-23)32-16-15-21(33)17-24(32)34/h15-16,19-20,22-23,25,27H,10-14,17-18H2,1-9H3,(H,31,36)/t20-,23+,25+,27+,29+,42-/m0/s1. The lowest BCUT2D eigenvalue weighted by atomic mass is 9.97. The summed E-state index contributed by atoms with van der Waals surface area (Å²) in [6.45, 7) is 15.8. The van der Waals surface area contributed by atoms with Gasteiger partial charge in [0.15, 0.2) is 26.0 Å². The van der Waals surface area contributed by atoms with Gasteiger partial charge in [-0.2, -0.15) is 0 Å². The molecule has 6 atom stereocenters. The van der Waals surface area contributed by atoms with E-state index >= 15 is 4.39 Å². The molecule has 1 N–H and O–H groups in total. The van der Waals surface area contributed by atoms with Crippen molar-refractivity contribution in [2.45, 2.75) is 147 Å². The number of halogens is 1. The molecule has 246 valence electrons. The molecule has 0 bridgehead atoms. The number of hydrogen-bond donors (Lipinski definition) is 1. The minimum absolute atomic E-state index is 0.285. The zero-order valence-corrected chi connectivity index (χ0v) is 28.9. The minimum atomic E-state index is -4.15. The first kappa shape index (κ1) is 36.0. The lowest BCUT2D eigenvalue weighted by Gasteiger charge is -2.42. The highest BCUT2D eigenvalue weighted by Crippen LogP contribution is 2.50. The third-order valence-electron chi connectivity index (χ3n) is 8.50. The smallest absolute Gasteiger partial charge is 0.406 e. The summed E-state index contributed by atoms with van der Waals surface area (Å²) in [7, 11) is -6.76. The number of carbonyl (C=O) groups excluding carboxylic acids is 3. The predicted molar refractivity (Wildman–Crippen MR) is 161 cm³/mol. The van der Waals surface area contributed by atoms with Crippen LogP contribution in [-0.2, 0) is 41.9 Å². The third kappa shape index (κ3) is 9.05. The zero-order chi connectivity index (χ0) is 32.4. The topological polar surface area (TPSA) is 130 Å². The van der Waals surface area contributed by atoms with Crippen LogP contribution in [0, 0.1) is 0 Å². The van der Waals surface area contributed by atoms with Gasteiger partial charge < -0.3 is 13.9 Å². The Balaban J connectivity index is 1.90. The summed E-state index contributed by atoms with van der Waals surface area (Å²) in [6.07, 6.45) is 1.81. The largest absolute Gasteiger partial charge is 0.462 e. The van der Waals surface area contributed by atoms with Crippen molar-refractivity contribution in [2.75, 3.05) is 6.61 Å². The number of hydrogen-bond acceptors (Lipinski definition) is 9. The summed E-state index contributed by atoms with van der Waals surface area (Å²) in [5, 5.41) is 2.42. The van der Waals surface area contributed by atoms with Gasteiger partial charge in [0.25, 0.3) is 0 Å². The Labute approximate surface area is 256 Å². The summed E-state index contributed by atoms with van der Waals surface area (Å²) in [5.74, 6) is -1.60. The van der Waals surface area contributed by atoms with E-state index < -0.39 is 71.1 Å². The fraction of sp³-hybridized carbons (Fsp3) is 0.828. The van der Waals surface area contributed by atoms with E-state index in [4.69, 9.17) is 22.9 Å². The van der Waals surface area contributed by atoms with E-state index in [-0.39, 0.29) is 23.0 Å². The number of alkyl halides is 1. The maximum atomic E-state index is 16.8. The molecular weight excluding hydrogens is 598 g/mol. The maximum absolute atomic E-state index is 16.8. The van der Waals surface area contributed by atoms with Gasteiger partial charge in [0.2, 0.25) is 5.91 Å². The van der Waals surface area contributed by atoms with E-state index in [1.54, 1.807) is 13.8 Å². The van der Waals surface area contributed by atoms with E-state index in [0.717, 1.165) is 24.2 Å². The highest BCUT2D eigenvalue weighted by atomic mass is 31.2. The number of nitrogens with zero attached hydrogens (tertiary/aromatic N) is 1. The Morgan fingerprint density at radius 3 is 2.40 bits per heavy atom. The van der Waals surface area contributed by atoms with Crippen LogP contribution in [0.1, 0.15) is 87.0 Å². The predicted octanol–water partition coefficient (Wildman–Crippen LogP) is 5.55. The van der Waals surface area contributed by atoms with E-state index in [1.807, 2.05) is 33.9 Å². The van der Waals surface area contributed by atoms with Crippen LogP contribution in [0.2, 0.25) is 18.1 Å². The molecule has 2 aliphatic heterocycles. The molecule has 43 heavy (non-hydrogen) atoms. The normalized spacial score (nSPS) is 29.7. The fourth-order valence-corrected chi connectivity index (χ4v) is 8.13. The highest BCUT2D eigenvalue weighted by molar-refractivity contribution is 7.51. The highest BCUT2D eigenvalue weighted by Gasteiger charge is 2.61. The lowest BCUT2D eigenvalue weighted by molar-refractivity contribution is -0.150. The second-order valence-electron chi connectivity index (χ2n) is 13.7. The molecule has 2 heterocycles. The van der Waals surface area contributed by atoms with Crippen LogP contribution in [0.5, 0.6) is 0 Å². The van der Waals surface area contributed by atoms with Crippen LogP contribution in [0.15, 0.2) is 12.3 Å². The van der Waals surface area contributed by atoms with Gasteiger partial charge in [-0.05, 0) is 64.7 Å². The second kappa shape index (κ2) is 13.9. The summed E-state index contributed by atoms with van der Waals surface area (Å²) >= 11 is 0. The van der Waals surface area contributed by atoms with Crippen LogP contribution in [-0.4, -0.2) is 79.8 Å². The molecule has 0 unspecified atom stereocenters. The Bertz CT molecular complexity index is 1100. The van der Waals surface area contributed by atoms with Gasteiger partial charge in [0.1, 0.15) is 18.2 Å². The van der Waals surface area contributed by atoms with Gasteiger partial charge in [-0.15, -0.1) is 0 Å². The SMILES string of the molecule is CC(C)OC(=O)[C@H](C)N[P@](=O)(OC[C@H]1O[C@@H](N2C=CC(=O)CC2=O)[C@](C)(F)[C@@H]1O[Si](C)(C)C(C)(C)C)OC1CCCCC1. The van der Waals surface area contributed by atoms with Crippen molar-refractivity contribution in [1.29, 1.82) is 0 Å². The molecule has 3 aliphatic rings. The van der Waals surface area contributed by atoms with Gasteiger partial charge in [0.05, 0.1) is 25.2 Å². The van der Waals surface area contributed by atoms with Crippen molar-refractivity contribution in [3.8, 4) is 0 Å². The zero-order valence-electron chi connectivity index (χ0n) is 27.0. The second-order valence-corrected chi connectivity index (χ2v) is 20.2. The average Bonchev–Trinajstić information content (AvgIpc) is 3.11. The molecule has 1 saturated carbocycles. The van der Waals surface area contributed by atoms with Crippen molar-refractivity contribution in [3.63, 3.8) is 0 Å². The lowest BCUT2D eigenvalue weighted by Crippen LogP contribution is -2.56. The van der Waals surface area contributed by atoms with E-state index in [9.17, 15) is 18.9 Å². The monoisotopic (exact) mass is 648 g/mol. The molecule has 0 spiro atoms. The molecule has 3 rings (SSSR count). The van der Waals surface area contributed by atoms with Gasteiger partial charge in [0, 0.05) is 6.20 Å². The van der Waals surface area contributed by atoms with Gasteiger partial charge >= 0.3 is 13.7 Å². The van der Waals surface area contributed by atoms with Crippen molar-refractivity contribution >= 4 is 33.7 Å². The van der Waals surface area contributed by atoms with Gasteiger partial charge in [-0.25, -0.2) is 14.0 Å². The molecule has 1 saturated heterocycles. The van der Waals surface area contributed by atoms with E-state index in [1.165, 1.54) is 26.1 Å². The maximum Gasteiger partial charge on any atom is 0.406 e. The summed E-state index contributed by atoms with van der Waals surface area (Å²) < 4.78 is 60.9. The molecule has 14 heteroatoms. The molecule has 0 aromatic carbocycles. The Kier molecular flexibility index (Phi) is 11.6. The van der Waals surface area contributed by atoms with Crippen molar-refractivity contribution < 1.29 is 46.3 Å². The quantitative estimate of drug-likeness (QED) is 0.124. The number of ketones is 1. The fourth-order valence-electron chi connectivity index (χ4n) is 5.04.